The van der Waals surface area contributed by atoms with Gasteiger partial charge in [0.1, 0.15) is 36.0 Å². The number of amides is 2. The van der Waals surface area contributed by atoms with Crippen LogP contribution in [0.5, 0.6) is 11.6 Å². The Kier molecular flexibility index (Phi) is 9.13. The van der Waals surface area contributed by atoms with Crippen LogP contribution in [0.4, 0.5) is 5.69 Å². The van der Waals surface area contributed by atoms with Gasteiger partial charge in [-0.25, -0.2) is 9.97 Å². The SMILES string of the molecule is Cn1c2ccncc2c2ccc(-c3ccc(OC4CC(Oc5ccc(C#CCOC6CN(c7ccc8c(c7)C(=O)N(C7CCC(=O)CC7=O)C8=O)C6)nc5)C4)nc3)cc21. The molecule has 3 fully saturated rings. The second-order valence-electron chi connectivity index (χ2n) is 15.5. The molecule has 2 aromatic carbocycles. The van der Waals surface area contributed by atoms with Crippen LogP contribution in [-0.4, -0.2) is 91.8 Å². The molecule has 0 spiro atoms. The van der Waals surface area contributed by atoms with Crippen LogP contribution >= 0.6 is 0 Å². The Labute approximate surface area is 338 Å². The molecule has 13 nitrogen and oxygen atoms in total. The summed E-state index contributed by atoms with van der Waals surface area (Å²) >= 11 is 0. The number of pyridine rings is 3. The van der Waals surface area contributed by atoms with Crippen molar-refractivity contribution in [3.8, 4) is 34.6 Å². The molecule has 0 radical (unpaired) electrons. The zero-order chi connectivity index (χ0) is 40.2. The average Bonchev–Trinajstić information content (AvgIpc) is 3.64. The van der Waals surface area contributed by atoms with Crippen molar-refractivity contribution in [2.45, 2.75) is 56.5 Å². The van der Waals surface area contributed by atoms with Gasteiger partial charge in [-0.1, -0.05) is 18.1 Å². The van der Waals surface area contributed by atoms with Gasteiger partial charge in [-0.05, 0) is 66.4 Å². The maximum absolute atomic E-state index is 13.2. The number of rotatable bonds is 9. The Morgan fingerprint density at radius 2 is 1.59 bits per heavy atom. The third-order valence-electron chi connectivity index (χ3n) is 11.7. The molecule has 10 rings (SSSR count). The molecule has 0 bridgehead atoms. The first-order chi connectivity index (χ1) is 28.8. The lowest BCUT2D eigenvalue weighted by Crippen LogP contribution is -2.52. The normalized spacial score (nSPS) is 20.3. The van der Waals surface area contributed by atoms with E-state index in [9.17, 15) is 19.2 Å². The van der Waals surface area contributed by atoms with Crippen LogP contribution < -0.4 is 14.4 Å². The highest BCUT2D eigenvalue weighted by atomic mass is 16.5. The van der Waals surface area contributed by atoms with E-state index in [2.05, 4.69) is 61.5 Å². The Morgan fingerprint density at radius 1 is 0.763 bits per heavy atom. The van der Waals surface area contributed by atoms with Crippen molar-refractivity contribution in [3.05, 3.63) is 108 Å². The number of fused-ring (bicyclic) bond motifs is 4. The van der Waals surface area contributed by atoms with E-state index >= 15 is 0 Å². The monoisotopic (exact) mass is 786 g/mol. The van der Waals surface area contributed by atoms with Gasteiger partial charge in [0.15, 0.2) is 5.78 Å². The van der Waals surface area contributed by atoms with E-state index in [1.807, 2.05) is 48.9 Å². The second-order valence-corrected chi connectivity index (χ2v) is 15.5. The number of carbonyl (C=O) groups is 4. The number of nitrogens with zero attached hydrogens (tertiary/aromatic N) is 6. The molecule has 1 atom stereocenters. The molecular formula is C46H38N6O7. The van der Waals surface area contributed by atoms with Crippen LogP contribution in [0.1, 0.15) is 58.5 Å². The smallest absolute Gasteiger partial charge is 0.262 e. The molecular weight excluding hydrogens is 749 g/mol. The largest absolute Gasteiger partial charge is 0.489 e. The summed E-state index contributed by atoms with van der Waals surface area (Å²) in [4.78, 5) is 66.7. The summed E-state index contributed by atoms with van der Waals surface area (Å²) in [5.41, 5.74) is 6.39. The molecule has 4 aliphatic rings. The van der Waals surface area contributed by atoms with Gasteiger partial charge in [0.05, 0.1) is 41.4 Å². The van der Waals surface area contributed by atoms with Gasteiger partial charge in [-0.3, -0.25) is 29.1 Å². The van der Waals surface area contributed by atoms with Crippen LogP contribution in [-0.2, 0) is 21.4 Å². The van der Waals surface area contributed by atoms with E-state index < -0.39 is 17.9 Å². The molecule has 13 heteroatoms. The van der Waals surface area contributed by atoms with Crippen LogP contribution in [0.2, 0.25) is 0 Å². The minimum Gasteiger partial charge on any atom is -0.489 e. The molecule has 2 aliphatic carbocycles. The standard InChI is InChI=1S/C46H38N6O7/c1-50-40-14-15-47-24-39(40)36-10-4-27(17-42(36)50)28-5-13-44(49-22-28)59-34-20-33(21-34)58-32-9-6-29(48-23-32)3-2-16-57-35-25-51(26-35)30-7-11-37-38(18-30)46(56)52(45(37)55)41-12-8-31(53)19-43(41)54/h4-7,9-11,13-15,17-18,22-24,33-35,41H,8,12,16,19-21,25-26H2,1H3. The summed E-state index contributed by atoms with van der Waals surface area (Å²) in [6.07, 6.45) is 8.93. The van der Waals surface area contributed by atoms with Crippen molar-refractivity contribution in [1.29, 1.82) is 0 Å². The summed E-state index contributed by atoms with van der Waals surface area (Å²) in [7, 11) is 2.08. The number of carbonyl (C=O) groups excluding carboxylic acids is 4. The maximum Gasteiger partial charge on any atom is 0.262 e. The molecule has 294 valence electrons. The molecule has 1 unspecified atom stereocenters. The summed E-state index contributed by atoms with van der Waals surface area (Å²) in [5.74, 6) is 5.83. The molecule has 2 saturated carbocycles. The highest BCUT2D eigenvalue weighted by Crippen LogP contribution is 2.35. The van der Waals surface area contributed by atoms with Gasteiger partial charge in [-0.15, -0.1) is 0 Å². The number of benzene rings is 2. The van der Waals surface area contributed by atoms with Crippen molar-refractivity contribution in [3.63, 3.8) is 0 Å². The predicted octanol–water partition coefficient (Wildman–Crippen LogP) is 5.72. The molecule has 6 aromatic rings. The van der Waals surface area contributed by atoms with E-state index in [-0.39, 0.29) is 66.9 Å². The van der Waals surface area contributed by atoms with Gasteiger partial charge < -0.3 is 23.7 Å². The number of imide groups is 1. The predicted molar refractivity (Wildman–Crippen MR) is 217 cm³/mol. The minimum atomic E-state index is -0.882. The van der Waals surface area contributed by atoms with E-state index in [0.29, 0.717) is 30.4 Å². The van der Waals surface area contributed by atoms with Gasteiger partial charge in [0.2, 0.25) is 5.88 Å². The van der Waals surface area contributed by atoms with Crippen LogP contribution in [0.25, 0.3) is 32.9 Å². The number of aromatic nitrogens is 4. The molecule has 2 amide bonds. The van der Waals surface area contributed by atoms with Crippen molar-refractivity contribution in [2.24, 2.45) is 7.05 Å². The van der Waals surface area contributed by atoms with Crippen molar-refractivity contribution >= 4 is 50.9 Å². The summed E-state index contributed by atoms with van der Waals surface area (Å²) in [6, 6.07) is 20.4. The van der Waals surface area contributed by atoms with Gasteiger partial charge in [-0.2, -0.15) is 0 Å². The van der Waals surface area contributed by atoms with E-state index in [4.69, 9.17) is 14.2 Å². The first-order valence-electron chi connectivity index (χ1n) is 19.8. The number of anilines is 1. The second kappa shape index (κ2) is 14.8. The number of Topliss-reactive ketones (excluding diaryl/α,β-unsaturated/α-hetero) is 2. The maximum atomic E-state index is 13.2. The zero-order valence-electron chi connectivity index (χ0n) is 32.2. The molecule has 1 saturated heterocycles. The number of aryl methyl sites for hydroxylation is 1. The molecule has 6 heterocycles. The van der Waals surface area contributed by atoms with Crippen LogP contribution in [0.3, 0.4) is 0 Å². The van der Waals surface area contributed by atoms with Crippen LogP contribution in [0.15, 0.2) is 91.5 Å². The third kappa shape index (κ3) is 6.85. The number of ether oxygens (including phenoxy) is 3. The van der Waals surface area contributed by atoms with Crippen LogP contribution in [0, 0.1) is 11.8 Å². The Hall–Kier alpha value is -6.91. The lowest BCUT2D eigenvalue weighted by Gasteiger charge is -2.40. The Bertz CT molecular complexity index is 2740. The van der Waals surface area contributed by atoms with Crippen molar-refractivity contribution in [2.75, 3.05) is 24.6 Å². The number of ketones is 2. The summed E-state index contributed by atoms with van der Waals surface area (Å²) in [6.45, 7) is 1.46. The summed E-state index contributed by atoms with van der Waals surface area (Å²) < 4.78 is 20.4. The van der Waals surface area contributed by atoms with E-state index in [1.165, 1.54) is 5.39 Å². The quantitative estimate of drug-likeness (QED) is 0.101. The minimum absolute atomic E-state index is 0.0306. The molecule has 59 heavy (non-hydrogen) atoms. The first-order valence-corrected chi connectivity index (χ1v) is 19.8. The summed E-state index contributed by atoms with van der Waals surface area (Å²) in [5, 5.41) is 2.32. The highest BCUT2D eigenvalue weighted by molar-refractivity contribution is 6.24. The topological polar surface area (TPSA) is 146 Å². The first kappa shape index (κ1) is 36.4. The van der Waals surface area contributed by atoms with Gasteiger partial charge >= 0.3 is 0 Å². The van der Waals surface area contributed by atoms with Crippen molar-refractivity contribution < 1.29 is 33.4 Å². The average molecular weight is 787 g/mol. The third-order valence-corrected chi connectivity index (χ3v) is 11.7. The molecule has 2 aliphatic heterocycles. The number of hydrogen-bond acceptors (Lipinski definition) is 11. The van der Waals surface area contributed by atoms with Gasteiger partial charge in [0.25, 0.3) is 11.8 Å². The van der Waals surface area contributed by atoms with E-state index in [0.717, 1.165) is 51.0 Å². The van der Waals surface area contributed by atoms with E-state index in [1.54, 1.807) is 24.4 Å². The number of hydrogen-bond donors (Lipinski definition) is 0. The van der Waals surface area contributed by atoms with Gasteiger partial charge in [0, 0.05) is 91.6 Å². The lowest BCUT2D eigenvalue weighted by atomic mass is 9.92. The lowest BCUT2D eigenvalue weighted by molar-refractivity contribution is -0.132. The zero-order valence-corrected chi connectivity index (χ0v) is 32.2. The van der Waals surface area contributed by atoms with Crippen molar-refractivity contribution in [1.82, 2.24) is 24.4 Å². The fourth-order valence-corrected chi connectivity index (χ4v) is 8.35. The highest BCUT2D eigenvalue weighted by Gasteiger charge is 2.45. The molecule has 0 N–H and O–H groups in total. The molecule has 4 aromatic heterocycles. The fourth-order valence-electron chi connectivity index (χ4n) is 8.35. The fraction of sp³-hybridized carbons (Fsp3) is 0.283. The Balaban J connectivity index is 0.653. The Morgan fingerprint density at radius 3 is 2.39 bits per heavy atom.